The zero-order chi connectivity index (χ0) is 20.4. The van der Waals surface area contributed by atoms with Crippen LogP contribution in [0.15, 0.2) is 46.9 Å². The molecular formula is C20H22BrClN2O4. The molecule has 2 rings (SSSR count). The lowest BCUT2D eigenvalue weighted by Crippen LogP contribution is -2.43. The molecule has 0 saturated carbocycles. The van der Waals surface area contributed by atoms with E-state index >= 15 is 0 Å². The van der Waals surface area contributed by atoms with Crippen LogP contribution in [0, 0.1) is 0 Å². The highest BCUT2D eigenvalue weighted by atomic mass is 79.9. The van der Waals surface area contributed by atoms with Gasteiger partial charge < -0.3 is 9.47 Å². The van der Waals surface area contributed by atoms with Crippen molar-refractivity contribution in [3.8, 4) is 11.5 Å². The highest BCUT2D eigenvalue weighted by molar-refractivity contribution is 9.10. The largest absolute Gasteiger partial charge is 0.494 e. The number of halogens is 2. The van der Waals surface area contributed by atoms with Gasteiger partial charge in [-0.15, -0.1) is 0 Å². The number of amides is 2. The van der Waals surface area contributed by atoms with Crippen molar-refractivity contribution in [2.24, 2.45) is 0 Å². The van der Waals surface area contributed by atoms with Gasteiger partial charge in [0.15, 0.2) is 6.61 Å². The molecule has 0 bridgehead atoms. The minimum Gasteiger partial charge on any atom is -0.494 e. The maximum atomic E-state index is 12.1. The molecule has 2 N–H and O–H groups in total. The van der Waals surface area contributed by atoms with Crippen LogP contribution in [0.2, 0.25) is 5.02 Å². The Bertz CT molecular complexity index is 799. The third-order valence-corrected chi connectivity index (χ3v) is 4.49. The minimum atomic E-state index is -0.511. The maximum Gasteiger partial charge on any atom is 0.276 e. The van der Waals surface area contributed by atoms with Crippen molar-refractivity contribution in [1.29, 1.82) is 0 Å². The van der Waals surface area contributed by atoms with Gasteiger partial charge in [-0.05, 0) is 48.9 Å². The number of hydrogen-bond acceptors (Lipinski definition) is 4. The van der Waals surface area contributed by atoms with E-state index < -0.39 is 11.8 Å². The van der Waals surface area contributed by atoms with Gasteiger partial charge in [0.2, 0.25) is 0 Å². The standard InChI is InChI=1S/C20H22BrClN2O4/c1-2-3-4-11-27-16-8-5-14(6-9-16)20(26)24-23-19(25)13-28-18-10-7-15(21)12-17(18)22/h5-10,12H,2-4,11,13H2,1H3,(H,23,25)(H,24,26). The zero-order valence-electron chi connectivity index (χ0n) is 15.5. The van der Waals surface area contributed by atoms with E-state index in [-0.39, 0.29) is 6.61 Å². The summed E-state index contributed by atoms with van der Waals surface area (Å²) < 4.78 is 11.7. The number of carbonyl (C=O) groups excluding carboxylic acids is 2. The first kappa shape index (κ1) is 22.0. The fraction of sp³-hybridized carbons (Fsp3) is 0.300. The number of hydrogen-bond donors (Lipinski definition) is 2. The summed E-state index contributed by atoms with van der Waals surface area (Å²) in [7, 11) is 0. The molecule has 0 spiro atoms. The smallest absolute Gasteiger partial charge is 0.276 e. The summed E-state index contributed by atoms with van der Waals surface area (Å²) in [5, 5.41) is 0.378. The first-order valence-corrected chi connectivity index (χ1v) is 10.1. The molecule has 8 heteroatoms. The highest BCUT2D eigenvalue weighted by Gasteiger charge is 2.09. The fourth-order valence-corrected chi connectivity index (χ4v) is 2.94. The number of ether oxygens (including phenoxy) is 2. The van der Waals surface area contributed by atoms with Crippen LogP contribution in [0.4, 0.5) is 0 Å². The van der Waals surface area contributed by atoms with Gasteiger partial charge in [-0.25, -0.2) is 0 Å². The van der Waals surface area contributed by atoms with E-state index in [9.17, 15) is 9.59 Å². The van der Waals surface area contributed by atoms with Crippen LogP contribution in [0.25, 0.3) is 0 Å². The Kier molecular flexibility index (Phi) is 9.10. The summed E-state index contributed by atoms with van der Waals surface area (Å²) >= 11 is 9.30. The van der Waals surface area contributed by atoms with Gasteiger partial charge in [-0.3, -0.25) is 20.4 Å². The topological polar surface area (TPSA) is 76.7 Å². The SMILES string of the molecule is CCCCCOc1ccc(C(=O)NNC(=O)COc2ccc(Br)cc2Cl)cc1. The molecule has 0 radical (unpaired) electrons. The third kappa shape index (κ3) is 7.40. The Labute approximate surface area is 177 Å². The Hall–Kier alpha value is -2.25. The lowest BCUT2D eigenvalue weighted by atomic mass is 10.2. The molecule has 2 aromatic carbocycles. The van der Waals surface area contributed by atoms with Crippen molar-refractivity contribution in [3.63, 3.8) is 0 Å². The van der Waals surface area contributed by atoms with Crippen LogP contribution in [0.1, 0.15) is 36.5 Å². The van der Waals surface area contributed by atoms with Crippen molar-refractivity contribution < 1.29 is 19.1 Å². The van der Waals surface area contributed by atoms with E-state index in [0.717, 1.165) is 23.7 Å². The summed E-state index contributed by atoms with van der Waals surface area (Å²) in [5.41, 5.74) is 5.04. The van der Waals surface area contributed by atoms with Crippen molar-refractivity contribution >= 4 is 39.3 Å². The highest BCUT2D eigenvalue weighted by Crippen LogP contribution is 2.27. The van der Waals surface area contributed by atoms with Crippen molar-refractivity contribution in [3.05, 3.63) is 57.5 Å². The van der Waals surface area contributed by atoms with Crippen LogP contribution < -0.4 is 20.3 Å². The van der Waals surface area contributed by atoms with Gasteiger partial charge in [0.05, 0.1) is 11.6 Å². The monoisotopic (exact) mass is 468 g/mol. The second-order valence-corrected chi connectivity index (χ2v) is 7.27. The van der Waals surface area contributed by atoms with Gasteiger partial charge in [0.25, 0.3) is 11.8 Å². The molecule has 6 nitrogen and oxygen atoms in total. The molecule has 0 atom stereocenters. The molecule has 0 aromatic heterocycles. The first-order chi connectivity index (χ1) is 13.5. The van der Waals surface area contributed by atoms with E-state index in [1.54, 1.807) is 42.5 Å². The number of rotatable bonds is 9. The quantitative estimate of drug-likeness (QED) is 0.418. The number of benzene rings is 2. The van der Waals surface area contributed by atoms with Crippen LogP contribution in [0.5, 0.6) is 11.5 Å². The van der Waals surface area contributed by atoms with Crippen molar-refractivity contribution in [1.82, 2.24) is 10.9 Å². The van der Waals surface area contributed by atoms with Crippen molar-refractivity contribution in [2.45, 2.75) is 26.2 Å². The number of hydrazine groups is 1. The lowest BCUT2D eigenvalue weighted by molar-refractivity contribution is -0.123. The van der Waals surface area contributed by atoms with Crippen LogP contribution in [-0.4, -0.2) is 25.0 Å². The van der Waals surface area contributed by atoms with E-state index in [1.165, 1.54) is 0 Å². The normalized spacial score (nSPS) is 10.2. The van der Waals surface area contributed by atoms with Crippen molar-refractivity contribution in [2.75, 3.05) is 13.2 Å². The second kappa shape index (κ2) is 11.6. The zero-order valence-corrected chi connectivity index (χ0v) is 17.8. The third-order valence-electron chi connectivity index (χ3n) is 3.70. The molecular weight excluding hydrogens is 448 g/mol. The average molecular weight is 470 g/mol. The predicted molar refractivity (Wildman–Crippen MR) is 112 cm³/mol. The van der Waals surface area contributed by atoms with Gasteiger partial charge >= 0.3 is 0 Å². The second-order valence-electron chi connectivity index (χ2n) is 5.95. The molecule has 0 aliphatic carbocycles. The molecule has 0 aliphatic rings. The predicted octanol–water partition coefficient (Wildman–Crippen LogP) is 4.51. The Morgan fingerprint density at radius 3 is 2.46 bits per heavy atom. The number of carbonyl (C=O) groups is 2. The van der Waals surface area contributed by atoms with Crippen LogP contribution in [-0.2, 0) is 4.79 Å². The summed E-state index contributed by atoms with van der Waals surface area (Å²) in [5.74, 6) is 0.133. The van der Waals surface area contributed by atoms with E-state index in [1.807, 2.05) is 0 Å². The number of nitrogens with one attached hydrogen (secondary N) is 2. The fourth-order valence-electron chi connectivity index (χ4n) is 2.21. The molecule has 0 saturated heterocycles. The molecule has 0 aliphatic heterocycles. The molecule has 150 valence electrons. The Morgan fingerprint density at radius 2 is 1.79 bits per heavy atom. The van der Waals surface area contributed by atoms with E-state index in [2.05, 4.69) is 33.7 Å². The van der Waals surface area contributed by atoms with Crippen LogP contribution in [0.3, 0.4) is 0 Å². The van der Waals surface area contributed by atoms with Gasteiger partial charge in [0, 0.05) is 10.0 Å². The maximum absolute atomic E-state index is 12.1. The molecule has 28 heavy (non-hydrogen) atoms. The molecule has 2 amide bonds. The Balaban J connectivity index is 1.74. The summed E-state index contributed by atoms with van der Waals surface area (Å²) in [6.07, 6.45) is 3.26. The van der Waals surface area contributed by atoms with E-state index in [4.69, 9.17) is 21.1 Å². The molecule has 0 fully saturated rings. The van der Waals surface area contributed by atoms with Crippen LogP contribution >= 0.6 is 27.5 Å². The summed E-state index contributed by atoms with van der Waals surface area (Å²) in [4.78, 5) is 23.9. The minimum absolute atomic E-state index is 0.286. The van der Waals surface area contributed by atoms with E-state index in [0.29, 0.717) is 28.7 Å². The average Bonchev–Trinajstić information content (AvgIpc) is 2.69. The van der Waals surface area contributed by atoms with Gasteiger partial charge in [-0.1, -0.05) is 47.3 Å². The summed E-state index contributed by atoms with van der Waals surface area (Å²) in [6, 6.07) is 11.8. The van der Waals surface area contributed by atoms with Gasteiger partial charge in [-0.2, -0.15) is 0 Å². The molecule has 0 heterocycles. The number of unbranched alkanes of at least 4 members (excludes halogenated alkanes) is 2. The Morgan fingerprint density at radius 1 is 1.04 bits per heavy atom. The first-order valence-electron chi connectivity index (χ1n) is 8.89. The lowest BCUT2D eigenvalue weighted by Gasteiger charge is -2.10. The summed E-state index contributed by atoms with van der Waals surface area (Å²) in [6.45, 7) is 2.50. The molecule has 0 unspecified atom stereocenters. The van der Waals surface area contributed by atoms with Gasteiger partial charge in [0.1, 0.15) is 11.5 Å². The molecule has 2 aromatic rings.